The molecule has 4 nitrogen and oxygen atoms in total. The number of nitrogens with two attached hydrogens (primary N) is 1. The van der Waals surface area contributed by atoms with Crippen LogP contribution in [0.3, 0.4) is 0 Å². The van der Waals surface area contributed by atoms with E-state index in [1.165, 1.54) is 24.0 Å². The first kappa shape index (κ1) is 18.1. The fourth-order valence-electron chi connectivity index (χ4n) is 4.63. The molecule has 27 heavy (non-hydrogen) atoms. The van der Waals surface area contributed by atoms with Gasteiger partial charge >= 0.3 is 0 Å². The first-order valence-electron chi connectivity index (χ1n) is 9.98. The van der Waals surface area contributed by atoms with E-state index in [-0.39, 0.29) is 5.91 Å². The number of likely N-dealkylation sites (tertiary alicyclic amines) is 1. The maximum atomic E-state index is 12.8. The van der Waals surface area contributed by atoms with Crippen LogP contribution in [0, 0.1) is 0 Å². The van der Waals surface area contributed by atoms with E-state index in [0.717, 1.165) is 37.2 Å². The van der Waals surface area contributed by atoms with Crippen LogP contribution in [-0.4, -0.2) is 37.0 Å². The van der Waals surface area contributed by atoms with Crippen molar-refractivity contribution in [2.45, 2.75) is 37.5 Å². The minimum atomic E-state index is 0.228. The van der Waals surface area contributed by atoms with Crippen molar-refractivity contribution < 1.29 is 9.53 Å². The Bertz CT molecular complexity index is 792. The van der Waals surface area contributed by atoms with Gasteiger partial charge in [0.25, 0.3) is 0 Å². The van der Waals surface area contributed by atoms with Crippen molar-refractivity contribution in [3.05, 3.63) is 65.2 Å². The smallest absolute Gasteiger partial charge is 0.226 e. The molecule has 142 valence electrons. The summed E-state index contributed by atoms with van der Waals surface area (Å²) in [4.78, 5) is 14.8. The number of carbonyl (C=O) groups is 1. The Balaban J connectivity index is 1.34. The number of rotatable bonds is 5. The average molecular weight is 364 g/mol. The highest BCUT2D eigenvalue weighted by atomic mass is 16.5. The van der Waals surface area contributed by atoms with Gasteiger partial charge < -0.3 is 15.4 Å². The van der Waals surface area contributed by atoms with Gasteiger partial charge in [0.2, 0.25) is 5.91 Å². The molecule has 0 aromatic heterocycles. The number of hydrogen-bond donors (Lipinski definition) is 1. The Morgan fingerprint density at radius 1 is 1.04 bits per heavy atom. The number of hydrogen-bond acceptors (Lipinski definition) is 3. The molecular weight excluding hydrogens is 336 g/mol. The van der Waals surface area contributed by atoms with Crippen LogP contribution in [0.1, 0.15) is 36.0 Å². The number of fused-ring (bicyclic) bond motifs is 2. The summed E-state index contributed by atoms with van der Waals surface area (Å²) in [5.41, 5.74) is 9.82. The lowest BCUT2D eigenvalue weighted by molar-refractivity contribution is -0.132. The summed E-state index contributed by atoms with van der Waals surface area (Å²) in [5.74, 6) is 1.03. The molecule has 0 saturated carbocycles. The van der Waals surface area contributed by atoms with Gasteiger partial charge in [0.15, 0.2) is 0 Å². The zero-order valence-corrected chi connectivity index (χ0v) is 15.8. The van der Waals surface area contributed by atoms with Gasteiger partial charge in [0.05, 0.1) is 6.42 Å². The van der Waals surface area contributed by atoms with Crippen molar-refractivity contribution >= 4 is 5.91 Å². The number of benzene rings is 2. The zero-order chi connectivity index (χ0) is 18.7. The molecule has 1 aliphatic heterocycles. The molecule has 1 amide bonds. The Hall–Kier alpha value is -2.33. The summed E-state index contributed by atoms with van der Waals surface area (Å²) in [7, 11) is 0. The van der Waals surface area contributed by atoms with E-state index in [2.05, 4.69) is 24.3 Å². The monoisotopic (exact) mass is 364 g/mol. The molecule has 2 N–H and O–H groups in total. The molecule has 1 aliphatic carbocycles. The van der Waals surface area contributed by atoms with Gasteiger partial charge in [-0.15, -0.1) is 0 Å². The highest BCUT2D eigenvalue weighted by Gasteiger charge is 2.41. The molecule has 2 aromatic carbocycles. The van der Waals surface area contributed by atoms with Gasteiger partial charge in [-0.05, 0) is 59.9 Å². The number of nitrogens with zero attached hydrogens (tertiary/aromatic N) is 1. The van der Waals surface area contributed by atoms with E-state index in [0.29, 0.717) is 25.0 Å². The second kappa shape index (κ2) is 7.73. The third-order valence-corrected chi connectivity index (χ3v) is 6.20. The second-order valence-corrected chi connectivity index (χ2v) is 7.78. The normalized spacial score (nSPS) is 17.7. The Labute approximate surface area is 161 Å². The van der Waals surface area contributed by atoms with Gasteiger partial charge in [-0.3, -0.25) is 4.79 Å². The van der Waals surface area contributed by atoms with Gasteiger partial charge in [-0.2, -0.15) is 0 Å². The van der Waals surface area contributed by atoms with Crippen LogP contribution >= 0.6 is 0 Å². The number of amides is 1. The predicted octanol–water partition coefficient (Wildman–Crippen LogP) is 3.07. The highest BCUT2D eigenvalue weighted by molar-refractivity contribution is 5.79. The van der Waals surface area contributed by atoms with Crippen LogP contribution in [0.5, 0.6) is 5.75 Å². The fraction of sp³-hybridized carbons (Fsp3) is 0.435. The van der Waals surface area contributed by atoms with E-state index in [1.54, 1.807) is 0 Å². The third-order valence-electron chi connectivity index (χ3n) is 6.20. The summed E-state index contributed by atoms with van der Waals surface area (Å²) in [6, 6.07) is 16.6. The molecule has 2 aromatic rings. The zero-order valence-electron chi connectivity index (χ0n) is 15.8. The van der Waals surface area contributed by atoms with Gasteiger partial charge in [0, 0.05) is 19.6 Å². The van der Waals surface area contributed by atoms with Crippen molar-refractivity contribution in [3.8, 4) is 5.75 Å². The number of aryl methyl sites for hydroxylation is 1. The van der Waals surface area contributed by atoms with Crippen LogP contribution in [0.2, 0.25) is 0 Å². The van der Waals surface area contributed by atoms with Crippen LogP contribution in [0.25, 0.3) is 0 Å². The highest BCUT2D eigenvalue weighted by Crippen LogP contribution is 2.46. The van der Waals surface area contributed by atoms with Crippen LogP contribution < -0.4 is 10.5 Å². The molecule has 1 saturated heterocycles. The molecule has 1 spiro atoms. The second-order valence-electron chi connectivity index (χ2n) is 7.78. The van der Waals surface area contributed by atoms with Crippen LogP contribution in [0.4, 0.5) is 0 Å². The molecular formula is C23H28N2O2. The summed E-state index contributed by atoms with van der Waals surface area (Å²) in [5, 5.41) is 0. The molecule has 0 bridgehead atoms. The minimum absolute atomic E-state index is 0.228. The van der Waals surface area contributed by atoms with Crippen LogP contribution in [-0.2, 0) is 23.1 Å². The van der Waals surface area contributed by atoms with Gasteiger partial charge in [-0.25, -0.2) is 0 Å². The Morgan fingerprint density at radius 3 is 2.52 bits per heavy atom. The van der Waals surface area contributed by atoms with E-state index in [4.69, 9.17) is 10.5 Å². The van der Waals surface area contributed by atoms with Crippen molar-refractivity contribution in [2.24, 2.45) is 5.73 Å². The largest absolute Gasteiger partial charge is 0.492 e. The summed E-state index contributed by atoms with van der Waals surface area (Å²) < 4.78 is 5.49. The first-order chi connectivity index (χ1) is 13.2. The molecule has 0 unspecified atom stereocenters. The summed E-state index contributed by atoms with van der Waals surface area (Å²) in [6.07, 6.45) is 5.05. The van der Waals surface area contributed by atoms with Crippen molar-refractivity contribution in [1.29, 1.82) is 0 Å². The Morgan fingerprint density at radius 2 is 1.78 bits per heavy atom. The minimum Gasteiger partial charge on any atom is -0.492 e. The molecule has 1 fully saturated rings. The summed E-state index contributed by atoms with van der Waals surface area (Å²) >= 11 is 0. The average Bonchev–Trinajstić information content (AvgIpc) is 3.06. The molecule has 2 aliphatic rings. The maximum absolute atomic E-state index is 12.8. The topological polar surface area (TPSA) is 55.6 Å². The SMILES string of the molecule is NCCOc1ccc(CC(=O)N2CCC3(CCc4ccccc43)CC2)cc1. The first-order valence-corrected chi connectivity index (χ1v) is 9.98. The lowest BCUT2D eigenvalue weighted by Gasteiger charge is -2.40. The molecule has 1 heterocycles. The van der Waals surface area contributed by atoms with Crippen molar-refractivity contribution in [3.63, 3.8) is 0 Å². The van der Waals surface area contributed by atoms with Crippen LogP contribution in [0.15, 0.2) is 48.5 Å². The molecule has 0 atom stereocenters. The van der Waals surface area contributed by atoms with E-state index < -0.39 is 0 Å². The quantitative estimate of drug-likeness (QED) is 0.887. The molecule has 4 heteroatoms. The standard InChI is InChI=1S/C23H28N2O2/c24-13-16-27-20-7-5-18(6-8-20)17-22(26)25-14-11-23(12-15-25)10-9-19-3-1-2-4-21(19)23/h1-8H,9-17,24H2. The fourth-order valence-corrected chi connectivity index (χ4v) is 4.63. The molecule has 0 radical (unpaired) electrons. The molecule has 4 rings (SSSR count). The van der Waals surface area contributed by atoms with Gasteiger partial charge in [-0.1, -0.05) is 36.4 Å². The van der Waals surface area contributed by atoms with E-state index in [9.17, 15) is 4.79 Å². The maximum Gasteiger partial charge on any atom is 0.226 e. The third kappa shape index (κ3) is 3.72. The predicted molar refractivity (Wildman–Crippen MR) is 107 cm³/mol. The number of ether oxygens (including phenoxy) is 1. The summed E-state index contributed by atoms with van der Waals surface area (Å²) in [6.45, 7) is 2.74. The lowest BCUT2D eigenvalue weighted by Crippen LogP contribution is -2.44. The van der Waals surface area contributed by atoms with E-state index in [1.807, 2.05) is 29.2 Å². The number of piperidine rings is 1. The van der Waals surface area contributed by atoms with E-state index >= 15 is 0 Å². The van der Waals surface area contributed by atoms with Crippen molar-refractivity contribution in [2.75, 3.05) is 26.2 Å². The number of carbonyl (C=O) groups excluding carboxylic acids is 1. The van der Waals surface area contributed by atoms with Gasteiger partial charge in [0.1, 0.15) is 12.4 Å². The Kier molecular flexibility index (Phi) is 5.17. The van der Waals surface area contributed by atoms with Crippen molar-refractivity contribution in [1.82, 2.24) is 4.90 Å². The lowest BCUT2D eigenvalue weighted by atomic mass is 9.74.